The molecule has 0 spiro atoms. The Morgan fingerprint density at radius 1 is 0.950 bits per heavy atom. The van der Waals surface area contributed by atoms with Gasteiger partial charge < -0.3 is 9.84 Å². The summed E-state index contributed by atoms with van der Waals surface area (Å²) in [6.45, 7) is 0. The third kappa shape index (κ3) is 3.68. The Hall–Kier alpha value is -2.62. The largest absolute Gasteiger partial charge is 0.478 e. The second-order valence-electron chi connectivity index (χ2n) is 4.29. The van der Waals surface area contributed by atoms with Crippen LogP contribution in [-0.2, 0) is 16.0 Å². The van der Waals surface area contributed by atoms with Crippen LogP contribution in [0.15, 0.2) is 60.7 Å². The number of carbonyl (C=O) groups excluding carboxylic acids is 1. The fourth-order valence-corrected chi connectivity index (χ4v) is 1.78. The molecule has 0 aliphatic heterocycles. The van der Waals surface area contributed by atoms with Crippen LogP contribution in [-0.4, -0.2) is 23.1 Å². The predicted octanol–water partition coefficient (Wildman–Crippen LogP) is 2.54. The van der Waals surface area contributed by atoms with Gasteiger partial charge in [0.15, 0.2) is 0 Å². The first-order chi connectivity index (χ1) is 9.66. The van der Waals surface area contributed by atoms with E-state index in [0.29, 0.717) is 5.56 Å². The Balaban J connectivity index is 2.07. The van der Waals surface area contributed by atoms with E-state index in [2.05, 4.69) is 0 Å². The molecule has 4 heteroatoms. The first-order valence-electron chi connectivity index (χ1n) is 6.19. The summed E-state index contributed by atoms with van der Waals surface area (Å²) >= 11 is 0. The highest BCUT2D eigenvalue weighted by Gasteiger charge is 2.23. The molecule has 1 N–H and O–H groups in total. The Kier molecular flexibility index (Phi) is 4.50. The van der Waals surface area contributed by atoms with E-state index in [9.17, 15) is 9.59 Å². The zero-order chi connectivity index (χ0) is 14.4. The minimum atomic E-state index is -1.19. The molecule has 0 radical (unpaired) electrons. The second-order valence-corrected chi connectivity index (χ2v) is 4.29. The van der Waals surface area contributed by atoms with Crippen molar-refractivity contribution in [3.8, 4) is 0 Å². The summed E-state index contributed by atoms with van der Waals surface area (Å²) in [5, 5.41) is 9.15. The Morgan fingerprint density at radius 3 is 2.05 bits per heavy atom. The monoisotopic (exact) mass is 270 g/mol. The SMILES string of the molecule is O=C(O[C@@H](Cc1ccccc1)C(=O)O)c1ccccc1. The molecule has 0 heterocycles. The summed E-state index contributed by atoms with van der Waals surface area (Å²) in [5.74, 6) is -1.79. The summed E-state index contributed by atoms with van der Waals surface area (Å²) in [4.78, 5) is 23.1. The molecule has 0 fully saturated rings. The number of esters is 1. The van der Waals surface area contributed by atoms with Crippen LogP contribution in [0.5, 0.6) is 0 Å². The lowest BCUT2D eigenvalue weighted by molar-refractivity contribution is -0.147. The Bertz CT molecular complexity index is 578. The lowest BCUT2D eigenvalue weighted by atomic mass is 10.1. The van der Waals surface area contributed by atoms with Gasteiger partial charge in [-0.1, -0.05) is 48.5 Å². The van der Waals surface area contributed by atoms with Crippen LogP contribution in [0.3, 0.4) is 0 Å². The van der Waals surface area contributed by atoms with E-state index in [0.717, 1.165) is 5.56 Å². The summed E-state index contributed by atoms with van der Waals surface area (Å²) in [5.41, 5.74) is 1.15. The Morgan fingerprint density at radius 2 is 1.50 bits per heavy atom. The average Bonchev–Trinajstić information content (AvgIpc) is 2.48. The van der Waals surface area contributed by atoms with Crippen molar-refractivity contribution in [3.05, 3.63) is 71.8 Å². The number of hydrogen-bond donors (Lipinski definition) is 1. The first kappa shape index (κ1) is 13.8. The van der Waals surface area contributed by atoms with Gasteiger partial charge >= 0.3 is 11.9 Å². The van der Waals surface area contributed by atoms with Crippen LogP contribution < -0.4 is 0 Å². The van der Waals surface area contributed by atoms with Gasteiger partial charge in [0.2, 0.25) is 6.10 Å². The highest BCUT2D eigenvalue weighted by Crippen LogP contribution is 2.10. The number of rotatable bonds is 5. The first-order valence-corrected chi connectivity index (χ1v) is 6.19. The van der Waals surface area contributed by atoms with Gasteiger partial charge in [0.1, 0.15) is 0 Å². The quantitative estimate of drug-likeness (QED) is 0.848. The predicted molar refractivity (Wildman–Crippen MR) is 73.4 cm³/mol. The molecule has 0 amide bonds. The topological polar surface area (TPSA) is 63.6 Å². The molecule has 2 aromatic rings. The lowest BCUT2D eigenvalue weighted by Gasteiger charge is -2.13. The van der Waals surface area contributed by atoms with E-state index in [-0.39, 0.29) is 6.42 Å². The smallest absolute Gasteiger partial charge is 0.345 e. The summed E-state index contributed by atoms with van der Waals surface area (Å²) in [6, 6.07) is 17.4. The van der Waals surface area contributed by atoms with E-state index in [1.807, 2.05) is 18.2 Å². The van der Waals surface area contributed by atoms with Crippen molar-refractivity contribution in [1.29, 1.82) is 0 Å². The fraction of sp³-hybridized carbons (Fsp3) is 0.125. The number of aliphatic carboxylic acids is 1. The normalized spacial score (nSPS) is 11.6. The standard InChI is InChI=1S/C16H14O4/c17-15(18)14(11-12-7-3-1-4-8-12)20-16(19)13-9-5-2-6-10-13/h1-10,14H,11H2,(H,17,18)/t14-/m0/s1. The van der Waals surface area contributed by atoms with Gasteiger partial charge in [-0.05, 0) is 17.7 Å². The highest BCUT2D eigenvalue weighted by atomic mass is 16.6. The van der Waals surface area contributed by atoms with Crippen molar-refractivity contribution < 1.29 is 19.4 Å². The molecule has 0 saturated carbocycles. The van der Waals surface area contributed by atoms with Gasteiger partial charge in [0.05, 0.1) is 5.56 Å². The minimum absolute atomic E-state index is 0.148. The van der Waals surface area contributed by atoms with Crippen LogP contribution in [0.1, 0.15) is 15.9 Å². The third-order valence-corrected chi connectivity index (χ3v) is 2.80. The van der Waals surface area contributed by atoms with Crippen molar-refractivity contribution >= 4 is 11.9 Å². The minimum Gasteiger partial charge on any atom is -0.478 e. The second kappa shape index (κ2) is 6.52. The molecule has 0 bridgehead atoms. The molecule has 102 valence electrons. The van der Waals surface area contributed by atoms with Crippen molar-refractivity contribution in [2.45, 2.75) is 12.5 Å². The molecule has 2 rings (SSSR count). The third-order valence-electron chi connectivity index (χ3n) is 2.80. The molecule has 4 nitrogen and oxygen atoms in total. The molecule has 0 aliphatic carbocycles. The molecule has 0 aromatic heterocycles. The van der Waals surface area contributed by atoms with Crippen molar-refractivity contribution in [3.63, 3.8) is 0 Å². The van der Waals surface area contributed by atoms with Crippen LogP contribution >= 0.6 is 0 Å². The number of carboxylic acids is 1. The molecule has 20 heavy (non-hydrogen) atoms. The summed E-state index contributed by atoms with van der Waals surface area (Å²) in [7, 11) is 0. The van der Waals surface area contributed by atoms with Gasteiger partial charge in [0, 0.05) is 6.42 Å². The van der Waals surface area contributed by atoms with Crippen LogP contribution in [0.4, 0.5) is 0 Å². The fourth-order valence-electron chi connectivity index (χ4n) is 1.78. The number of carboxylic acid groups (broad SMARTS) is 1. The maximum absolute atomic E-state index is 11.9. The van der Waals surface area contributed by atoms with Gasteiger partial charge in [-0.3, -0.25) is 0 Å². The van der Waals surface area contributed by atoms with E-state index in [4.69, 9.17) is 9.84 Å². The van der Waals surface area contributed by atoms with Gasteiger partial charge in [-0.25, -0.2) is 9.59 Å². The zero-order valence-corrected chi connectivity index (χ0v) is 10.7. The van der Waals surface area contributed by atoms with Crippen molar-refractivity contribution in [1.82, 2.24) is 0 Å². The summed E-state index contributed by atoms with van der Waals surface area (Å²) < 4.78 is 5.06. The molecule has 1 atom stereocenters. The van der Waals surface area contributed by atoms with Crippen LogP contribution in [0.25, 0.3) is 0 Å². The van der Waals surface area contributed by atoms with Crippen molar-refractivity contribution in [2.75, 3.05) is 0 Å². The number of benzene rings is 2. The van der Waals surface area contributed by atoms with Gasteiger partial charge in [0.25, 0.3) is 0 Å². The van der Waals surface area contributed by atoms with Gasteiger partial charge in [-0.15, -0.1) is 0 Å². The molecule has 0 saturated heterocycles. The molecule has 0 unspecified atom stereocenters. The van der Waals surface area contributed by atoms with E-state index >= 15 is 0 Å². The van der Waals surface area contributed by atoms with E-state index in [1.54, 1.807) is 42.5 Å². The van der Waals surface area contributed by atoms with Crippen LogP contribution in [0.2, 0.25) is 0 Å². The average molecular weight is 270 g/mol. The molecular weight excluding hydrogens is 256 g/mol. The lowest BCUT2D eigenvalue weighted by Crippen LogP contribution is -2.29. The maximum Gasteiger partial charge on any atom is 0.345 e. The Labute approximate surface area is 116 Å². The van der Waals surface area contributed by atoms with Crippen LogP contribution in [0, 0.1) is 0 Å². The molecule has 0 aliphatic rings. The molecule has 2 aromatic carbocycles. The van der Waals surface area contributed by atoms with Crippen molar-refractivity contribution in [2.24, 2.45) is 0 Å². The van der Waals surface area contributed by atoms with Gasteiger partial charge in [-0.2, -0.15) is 0 Å². The summed E-state index contributed by atoms with van der Waals surface area (Å²) in [6.07, 6.45) is -1.04. The van der Waals surface area contributed by atoms with E-state index in [1.165, 1.54) is 0 Å². The maximum atomic E-state index is 11.9. The molecular formula is C16H14O4. The number of ether oxygens (including phenoxy) is 1. The highest BCUT2D eigenvalue weighted by molar-refractivity contribution is 5.91. The number of hydrogen-bond acceptors (Lipinski definition) is 3. The van der Waals surface area contributed by atoms with E-state index < -0.39 is 18.0 Å². The number of carbonyl (C=O) groups is 2. The zero-order valence-electron chi connectivity index (χ0n) is 10.7.